The van der Waals surface area contributed by atoms with Crippen LogP contribution < -0.4 is 4.74 Å². The van der Waals surface area contributed by atoms with E-state index in [9.17, 15) is 4.79 Å². The number of quaternary nitrogens is 1. The molecule has 150 valence electrons. The Bertz CT molecular complexity index is 736. The molecule has 1 fully saturated rings. The van der Waals surface area contributed by atoms with Gasteiger partial charge in [-0.3, -0.25) is 0 Å². The molecule has 1 atom stereocenters. The van der Waals surface area contributed by atoms with Crippen molar-refractivity contribution in [2.24, 2.45) is 0 Å². The summed E-state index contributed by atoms with van der Waals surface area (Å²) in [7, 11) is 2.26. The van der Waals surface area contributed by atoms with Crippen LogP contribution in [0.5, 0.6) is 5.75 Å². The number of likely N-dealkylation sites (N-methyl/N-ethyl adjacent to an activating group) is 1. The lowest BCUT2D eigenvalue weighted by Crippen LogP contribution is -2.44. The highest BCUT2D eigenvalue weighted by Gasteiger charge is 2.33. The second kappa shape index (κ2) is 9.74. The number of unbranched alkanes of at least 4 members (excludes halogenated alkanes) is 1. The van der Waals surface area contributed by atoms with Crippen molar-refractivity contribution in [3.05, 3.63) is 65.7 Å². The summed E-state index contributed by atoms with van der Waals surface area (Å²) in [6.07, 6.45) is 4.37. The van der Waals surface area contributed by atoms with Crippen molar-refractivity contribution in [1.82, 2.24) is 0 Å². The molecular formula is C24H32NO3+. The lowest BCUT2D eigenvalue weighted by atomic mass is 10.1. The SMILES string of the molecule is CCCCOc1ccc(C(=O)OC(C[N+]2(C)CCCC2)c2ccccc2)cc1. The summed E-state index contributed by atoms with van der Waals surface area (Å²) in [4.78, 5) is 12.8. The fraction of sp³-hybridized carbons (Fsp3) is 0.458. The molecule has 1 aliphatic rings. The van der Waals surface area contributed by atoms with Crippen molar-refractivity contribution in [2.75, 3.05) is 33.3 Å². The quantitative estimate of drug-likeness (QED) is 0.348. The lowest BCUT2D eigenvalue weighted by molar-refractivity contribution is -0.901. The van der Waals surface area contributed by atoms with Crippen molar-refractivity contribution < 1.29 is 18.8 Å². The topological polar surface area (TPSA) is 35.5 Å². The Morgan fingerprint density at radius 2 is 1.71 bits per heavy atom. The molecule has 0 radical (unpaired) electrons. The summed E-state index contributed by atoms with van der Waals surface area (Å²) >= 11 is 0. The largest absolute Gasteiger partial charge is 0.494 e. The first kappa shape index (κ1) is 20.4. The highest BCUT2D eigenvalue weighted by molar-refractivity contribution is 5.89. The van der Waals surface area contributed by atoms with E-state index in [1.807, 2.05) is 42.5 Å². The lowest BCUT2D eigenvalue weighted by Gasteiger charge is -2.33. The number of carbonyl (C=O) groups excluding carboxylic acids is 1. The molecule has 2 aromatic carbocycles. The van der Waals surface area contributed by atoms with E-state index < -0.39 is 0 Å². The van der Waals surface area contributed by atoms with Gasteiger partial charge in [-0.15, -0.1) is 0 Å². The molecule has 0 N–H and O–H groups in total. The molecule has 0 spiro atoms. The molecule has 0 bridgehead atoms. The van der Waals surface area contributed by atoms with E-state index in [2.05, 4.69) is 14.0 Å². The van der Waals surface area contributed by atoms with E-state index >= 15 is 0 Å². The maximum atomic E-state index is 12.8. The van der Waals surface area contributed by atoms with Gasteiger partial charge in [0.05, 0.1) is 32.3 Å². The van der Waals surface area contributed by atoms with Gasteiger partial charge in [0.2, 0.25) is 0 Å². The maximum Gasteiger partial charge on any atom is 0.338 e. The molecule has 0 aromatic heterocycles. The molecule has 1 heterocycles. The van der Waals surface area contributed by atoms with Gasteiger partial charge in [-0.1, -0.05) is 43.7 Å². The molecule has 0 amide bonds. The zero-order valence-electron chi connectivity index (χ0n) is 17.1. The number of benzene rings is 2. The minimum Gasteiger partial charge on any atom is -0.494 e. The van der Waals surface area contributed by atoms with Crippen LogP contribution in [0.2, 0.25) is 0 Å². The summed E-state index contributed by atoms with van der Waals surface area (Å²) in [6, 6.07) is 17.4. The van der Waals surface area contributed by atoms with Crippen molar-refractivity contribution in [2.45, 2.75) is 38.7 Å². The Morgan fingerprint density at radius 3 is 2.36 bits per heavy atom. The molecule has 1 saturated heterocycles. The Kier molecular flexibility index (Phi) is 7.10. The summed E-state index contributed by atoms with van der Waals surface area (Å²) in [5, 5.41) is 0. The number of esters is 1. The fourth-order valence-corrected chi connectivity index (χ4v) is 3.78. The van der Waals surface area contributed by atoms with Gasteiger partial charge in [0.15, 0.2) is 6.10 Å². The minimum absolute atomic E-state index is 0.239. The zero-order valence-corrected chi connectivity index (χ0v) is 17.1. The third-order valence-electron chi connectivity index (χ3n) is 5.53. The van der Waals surface area contributed by atoms with Crippen LogP contribution in [-0.4, -0.2) is 43.7 Å². The third-order valence-corrected chi connectivity index (χ3v) is 5.53. The standard InChI is InChI=1S/C24H32NO3/c1-3-4-18-27-22-14-12-21(13-15-22)24(26)28-23(20-10-6-5-7-11-20)19-25(2)16-8-9-17-25/h5-7,10-15,23H,3-4,8-9,16-19H2,1-2H3/q+1. The van der Waals surface area contributed by atoms with Gasteiger partial charge in [0.25, 0.3) is 0 Å². The van der Waals surface area contributed by atoms with Gasteiger partial charge in [-0.05, 0) is 36.2 Å². The van der Waals surface area contributed by atoms with Crippen LogP contribution in [0, 0.1) is 0 Å². The third kappa shape index (κ3) is 5.59. The Morgan fingerprint density at radius 1 is 1.04 bits per heavy atom. The van der Waals surface area contributed by atoms with Crippen LogP contribution in [0.4, 0.5) is 0 Å². The Balaban J connectivity index is 1.68. The first-order chi connectivity index (χ1) is 13.6. The number of hydrogen-bond acceptors (Lipinski definition) is 3. The van der Waals surface area contributed by atoms with E-state index in [-0.39, 0.29) is 12.1 Å². The normalized spacial score (nSPS) is 16.5. The van der Waals surface area contributed by atoms with Crippen LogP contribution in [0.3, 0.4) is 0 Å². The van der Waals surface area contributed by atoms with Crippen molar-refractivity contribution in [3.8, 4) is 5.75 Å². The maximum absolute atomic E-state index is 12.8. The molecule has 28 heavy (non-hydrogen) atoms. The highest BCUT2D eigenvalue weighted by Crippen LogP contribution is 2.27. The molecule has 0 saturated carbocycles. The second-order valence-corrected chi connectivity index (χ2v) is 7.99. The molecule has 1 unspecified atom stereocenters. The Labute approximate surface area is 168 Å². The second-order valence-electron chi connectivity index (χ2n) is 7.99. The van der Waals surface area contributed by atoms with Gasteiger partial charge < -0.3 is 14.0 Å². The van der Waals surface area contributed by atoms with E-state index in [0.717, 1.165) is 48.3 Å². The van der Waals surface area contributed by atoms with Crippen LogP contribution in [0.15, 0.2) is 54.6 Å². The van der Waals surface area contributed by atoms with Gasteiger partial charge in [-0.2, -0.15) is 0 Å². The number of rotatable bonds is 9. The van der Waals surface area contributed by atoms with E-state index in [0.29, 0.717) is 12.2 Å². The smallest absolute Gasteiger partial charge is 0.338 e. The predicted octanol–water partition coefficient (Wildman–Crippen LogP) is 5.00. The number of carbonyl (C=O) groups is 1. The first-order valence-corrected chi connectivity index (χ1v) is 10.4. The highest BCUT2D eigenvalue weighted by atomic mass is 16.5. The summed E-state index contributed by atoms with van der Waals surface area (Å²) in [5.74, 6) is 0.513. The van der Waals surface area contributed by atoms with Gasteiger partial charge in [0, 0.05) is 12.8 Å². The van der Waals surface area contributed by atoms with Crippen LogP contribution in [0.25, 0.3) is 0 Å². The fourth-order valence-electron chi connectivity index (χ4n) is 3.78. The molecule has 2 aromatic rings. The molecule has 3 rings (SSSR count). The zero-order chi connectivity index (χ0) is 19.8. The average molecular weight is 383 g/mol. The van der Waals surface area contributed by atoms with Crippen LogP contribution >= 0.6 is 0 Å². The minimum atomic E-state index is -0.278. The van der Waals surface area contributed by atoms with Crippen LogP contribution in [-0.2, 0) is 4.74 Å². The summed E-state index contributed by atoms with van der Waals surface area (Å²) < 4.78 is 12.6. The van der Waals surface area contributed by atoms with E-state index in [1.165, 1.54) is 12.8 Å². The van der Waals surface area contributed by atoms with Gasteiger partial charge in [-0.25, -0.2) is 4.79 Å². The number of likely N-dealkylation sites (tertiary alicyclic amines) is 1. The van der Waals surface area contributed by atoms with Crippen molar-refractivity contribution in [1.29, 1.82) is 0 Å². The summed E-state index contributed by atoms with van der Waals surface area (Å²) in [6.45, 7) is 5.94. The van der Waals surface area contributed by atoms with Crippen molar-refractivity contribution >= 4 is 5.97 Å². The van der Waals surface area contributed by atoms with Crippen LogP contribution in [0.1, 0.15) is 54.6 Å². The van der Waals surface area contributed by atoms with Gasteiger partial charge >= 0.3 is 5.97 Å². The number of nitrogens with zero attached hydrogens (tertiary/aromatic N) is 1. The number of hydrogen-bond donors (Lipinski definition) is 0. The van der Waals surface area contributed by atoms with E-state index in [4.69, 9.17) is 9.47 Å². The molecule has 4 nitrogen and oxygen atoms in total. The molecular weight excluding hydrogens is 350 g/mol. The molecule has 4 heteroatoms. The van der Waals surface area contributed by atoms with E-state index in [1.54, 1.807) is 12.1 Å². The number of ether oxygens (including phenoxy) is 2. The molecule has 0 aliphatic carbocycles. The first-order valence-electron chi connectivity index (χ1n) is 10.4. The van der Waals surface area contributed by atoms with Crippen molar-refractivity contribution in [3.63, 3.8) is 0 Å². The Hall–Kier alpha value is -2.33. The monoisotopic (exact) mass is 382 g/mol. The summed E-state index contributed by atoms with van der Waals surface area (Å²) in [5.41, 5.74) is 1.62. The molecule has 1 aliphatic heterocycles. The average Bonchev–Trinajstić information content (AvgIpc) is 3.15. The van der Waals surface area contributed by atoms with Gasteiger partial charge in [0.1, 0.15) is 12.3 Å². The predicted molar refractivity (Wildman–Crippen MR) is 111 cm³/mol.